The van der Waals surface area contributed by atoms with Crippen molar-refractivity contribution in [2.75, 3.05) is 4.90 Å². The van der Waals surface area contributed by atoms with Crippen LogP contribution in [0.3, 0.4) is 0 Å². The average molecular weight is 900 g/mol. The first-order valence-corrected chi connectivity index (χ1v) is 22.0. The first-order valence-electron chi connectivity index (χ1n) is 34.0. The van der Waals surface area contributed by atoms with E-state index in [0.717, 1.165) is 37.6 Å². The molecule has 0 fully saturated rings. The lowest BCUT2D eigenvalue weighted by molar-refractivity contribution is 0.669. The Morgan fingerprint density at radius 2 is 0.971 bits per heavy atom. The molecule has 15 rings (SSSR count). The van der Waals surface area contributed by atoms with Gasteiger partial charge in [-0.25, -0.2) is 0 Å². The Labute approximate surface area is 433 Å². The van der Waals surface area contributed by atoms with Gasteiger partial charge in [0.15, 0.2) is 0 Å². The summed E-state index contributed by atoms with van der Waals surface area (Å²) in [6, 6.07) is 10.5. The van der Waals surface area contributed by atoms with Gasteiger partial charge in [-0.05, 0) is 136 Å². The fourth-order valence-electron chi connectivity index (χ4n) is 10.6. The fourth-order valence-corrected chi connectivity index (χ4v) is 10.6. The van der Waals surface area contributed by atoms with Gasteiger partial charge in [-0.15, -0.1) is 0 Å². The van der Waals surface area contributed by atoms with E-state index in [9.17, 15) is 19.2 Å². The van der Waals surface area contributed by atoms with Gasteiger partial charge in [0.2, 0.25) is 0 Å². The number of rotatable bonds is 5. The van der Waals surface area contributed by atoms with Crippen molar-refractivity contribution in [3.05, 3.63) is 270 Å². The molecule has 1 spiro atoms. The summed E-state index contributed by atoms with van der Waals surface area (Å²) in [5.41, 5.74) is -4.79. The first-order chi connectivity index (χ1) is 44.2. The maximum atomic E-state index is 11.0. The summed E-state index contributed by atoms with van der Waals surface area (Å²) < 4.78 is 234. The Bertz CT molecular complexity index is 5600. The van der Waals surface area contributed by atoms with Crippen LogP contribution < -0.4 is 4.90 Å². The SMILES string of the molecule is [2H]c1c([2H])c([2H])c2c(c1[2H])-c1c([2H])c([2H])c([2H])c([2H])c1C21c2c([2H])c([2H])c([2H])c([2H])c2-c2c([2H])c([2H])c(N(c3ccc(-c4ccc5ccccc5c4-c4cccc5oc6ccccc6c45)cc3)c3c([2H])c4c([2H])c([2H])c([2H])c([2H])c4c4c([2H])c([2H])c([2H])c([2H])c34)c([2H])c21. The van der Waals surface area contributed by atoms with Crippen LogP contribution in [0, 0.1) is 0 Å². The molecular weight excluding hydrogens is 835 g/mol. The first kappa shape index (κ1) is 21.8. The van der Waals surface area contributed by atoms with Gasteiger partial charge in [0.25, 0.3) is 0 Å². The Balaban J connectivity index is 1.13. The molecule has 0 atom stereocenters. The predicted molar refractivity (Wildman–Crippen MR) is 288 cm³/mol. The van der Waals surface area contributed by atoms with Crippen LogP contribution in [0.25, 0.3) is 98.8 Å². The summed E-state index contributed by atoms with van der Waals surface area (Å²) in [5.74, 6) is 0. The van der Waals surface area contributed by atoms with E-state index in [-0.39, 0.29) is 5.69 Å². The number of fused-ring (bicyclic) bond motifs is 17. The van der Waals surface area contributed by atoms with Crippen LogP contribution in [0.2, 0.25) is 0 Å². The zero-order chi connectivity index (χ0) is 66.1. The summed E-state index contributed by atoms with van der Waals surface area (Å²) in [6.45, 7) is 0. The van der Waals surface area contributed by atoms with Crippen molar-refractivity contribution < 1.29 is 37.3 Å². The molecule has 0 radical (unpaired) electrons. The van der Waals surface area contributed by atoms with E-state index >= 15 is 0 Å². The minimum absolute atomic E-state index is 0.127. The van der Waals surface area contributed by atoms with E-state index in [1.165, 1.54) is 12.1 Å². The monoisotopic (exact) mass is 899 g/mol. The van der Waals surface area contributed by atoms with Gasteiger partial charge in [-0.3, -0.25) is 0 Å². The minimum atomic E-state index is -2.82. The van der Waals surface area contributed by atoms with E-state index in [4.69, 9.17) is 18.1 Å². The third kappa shape index (κ3) is 5.31. The molecule has 1 aromatic heterocycles. The Hall–Kier alpha value is -8.98. The molecule has 320 valence electrons. The molecular formula is C67H41NO. The Kier molecular flexibility index (Phi) is 4.58. The molecule has 2 nitrogen and oxygen atoms in total. The summed E-state index contributed by atoms with van der Waals surface area (Å²) in [4.78, 5) is 1.04. The molecule has 12 aromatic carbocycles. The summed E-state index contributed by atoms with van der Waals surface area (Å²) >= 11 is 0. The molecule has 0 unspecified atom stereocenters. The predicted octanol–water partition coefficient (Wildman–Crippen LogP) is 18.2. The fraction of sp³-hybridized carbons (Fsp3) is 0.0149. The number of benzene rings is 12. The highest BCUT2D eigenvalue weighted by molar-refractivity contribution is 6.18. The molecule has 0 bridgehead atoms. The van der Waals surface area contributed by atoms with Crippen LogP contribution >= 0.6 is 0 Å². The molecule has 2 aliphatic rings. The number of hydrogen-bond donors (Lipinski definition) is 0. The third-order valence-corrected chi connectivity index (χ3v) is 13.5. The van der Waals surface area contributed by atoms with Gasteiger partial charge in [0.1, 0.15) is 11.2 Å². The van der Waals surface area contributed by atoms with Crippen molar-refractivity contribution in [1.82, 2.24) is 0 Å². The molecule has 0 aliphatic heterocycles. The Morgan fingerprint density at radius 1 is 0.362 bits per heavy atom. The van der Waals surface area contributed by atoms with Gasteiger partial charge in [-0.1, -0.05) is 206 Å². The summed E-state index contributed by atoms with van der Waals surface area (Å²) in [7, 11) is 0. The number of hydrogen-bond acceptors (Lipinski definition) is 2. The van der Waals surface area contributed by atoms with Crippen LogP contribution in [0.1, 0.15) is 55.2 Å². The highest BCUT2D eigenvalue weighted by Gasteiger charge is 2.51. The molecule has 0 N–H and O–H groups in total. The third-order valence-electron chi connectivity index (χ3n) is 13.5. The van der Waals surface area contributed by atoms with Crippen molar-refractivity contribution in [1.29, 1.82) is 0 Å². The van der Waals surface area contributed by atoms with Crippen molar-refractivity contribution in [3.8, 4) is 44.5 Å². The molecule has 69 heavy (non-hydrogen) atoms. The highest BCUT2D eigenvalue weighted by atomic mass is 16.3. The van der Waals surface area contributed by atoms with E-state index in [1.807, 2.05) is 78.9 Å². The summed E-state index contributed by atoms with van der Waals surface area (Å²) in [5, 5.41) is 1.27. The minimum Gasteiger partial charge on any atom is -0.456 e. The van der Waals surface area contributed by atoms with Crippen molar-refractivity contribution in [3.63, 3.8) is 0 Å². The quantitative estimate of drug-likeness (QED) is 0.160. The molecule has 0 amide bonds. The van der Waals surface area contributed by atoms with E-state index in [2.05, 4.69) is 0 Å². The second-order valence-corrected chi connectivity index (χ2v) is 16.8. The van der Waals surface area contributed by atoms with Gasteiger partial charge >= 0.3 is 0 Å². The maximum Gasteiger partial charge on any atom is 0.136 e. The van der Waals surface area contributed by atoms with Gasteiger partial charge < -0.3 is 9.32 Å². The highest BCUT2D eigenvalue weighted by Crippen LogP contribution is 2.63. The molecule has 0 saturated heterocycles. The maximum absolute atomic E-state index is 11.0. The van der Waals surface area contributed by atoms with E-state index < -0.39 is 228 Å². The molecule has 2 aliphatic carbocycles. The van der Waals surface area contributed by atoms with Crippen molar-refractivity contribution >= 4 is 71.3 Å². The van der Waals surface area contributed by atoms with Crippen LogP contribution in [0.4, 0.5) is 17.1 Å². The zero-order valence-corrected chi connectivity index (χ0v) is 35.7. The van der Waals surface area contributed by atoms with E-state index in [1.54, 1.807) is 12.1 Å². The van der Waals surface area contributed by atoms with Gasteiger partial charge in [0, 0.05) is 27.5 Å². The standard InChI is InChI=1S/C67H41NO/c1-4-19-48-42(16-1)34-38-49(65(48)57-26-15-31-64-66(57)56-25-10-14-30-63(56)69-64)43-32-35-45(36-33-43)68(62-40-44-17-2-3-18-47(44)50-20-5-6-24-55(50)62)46-37-39-54-53-23-9-13-29-60(53)67(61(54)41-46)58-27-11-7-21-51(58)52-22-8-12-28-59(52)67/h1-41H/i2D,3D,5D,6D,7D,8D,9D,11D,12D,13D,17D,18D,20D,21D,22D,23D,24D,27D,28D,29D,37D,39D,40D,41D. The van der Waals surface area contributed by atoms with Crippen molar-refractivity contribution in [2.24, 2.45) is 0 Å². The van der Waals surface area contributed by atoms with Crippen LogP contribution in [-0.4, -0.2) is 0 Å². The lowest BCUT2D eigenvalue weighted by atomic mass is 9.70. The molecule has 13 aromatic rings. The van der Waals surface area contributed by atoms with Gasteiger partial charge in [-0.2, -0.15) is 0 Å². The average Bonchev–Trinajstić information content (AvgIpc) is 1.48. The van der Waals surface area contributed by atoms with Crippen LogP contribution in [0.5, 0.6) is 0 Å². The van der Waals surface area contributed by atoms with Gasteiger partial charge in [0.05, 0.1) is 44.0 Å². The van der Waals surface area contributed by atoms with Crippen molar-refractivity contribution in [2.45, 2.75) is 5.41 Å². The van der Waals surface area contributed by atoms with E-state index in [0.29, 0.717) is 22.3 Å². The lowest BCUT2D eigenvalue weighted by Gasteiger charge is -2.32. The zero-order valence-electron chi connectivity index (χ0n) is 59.7. The largest absolute Gasteiger partial charge is 0.456 e. The number of nitrogens with zero attached hydrogens (tertiary/aromatic N) is 1. The second-order valence-electron chi connectivity index (χ2n) is 16.8. The Morgan fingerprint density at radius 3 is 1.72 bits per heavy atom. The molecule has 1 heterocycles. The van der Waals surface area contributed by atoms with Crippen LogP contribution in [0.15, 0.2) is 253 Å². The number of para-hydroxylation sites is 1. The molecule has 2 heteroatoms. The smallest absolute Gasteiger partial charge is 0.136 e. The number of anilines is 3. The lowest BCUT2D eigenvalue weighted by Crippen LogP contribution is -2.26. The summed E-state index contributed by atoms with van der Waals surface area (Å²) in [6.07, 6.45) is 0. The number of furan rings is 1. The molecule has 0 saturated carbocycles. The normalized spacial score (nSPS) is 17.9. The van der Waals surface area contributed by atoms with Crippen LogP contribution in [-0.2, 0) is 5.41 Å². The topological polar surface area (TPSA) is 16.4 Å². The second kappa shape index (κ2) is 14.5.